The van der Waals surface area contributed by atoms with Gasteiger partial charge >= 0.3 is 0 Å². The van der Waals surface area contributed by atoms with Gasteiger partial charge in [-0.2, -0.15) is 8.42 Å². The third kappa shape index (κ3) is 7.97. The van der Waals surface area contributed by atoms with Crippen LogP contribution in [-0.2, 0) is 14.3 Å². The van der Waals surface area contributed by atoms with E-state index in [1.54, 1.807) is 0 Å². The monoisotopic (exact) mass is 196 g/mol. The van der Waals surface area contributed by atoms with E-state index in [0.717, 1.165) is 12.7 Å². The predicted molar refractivity (Wildman–Crippen MR) is 46.9 cm³/mol. The fourth-order valence-corrected chi connectivity index (χ4v) is 1.39. The summed E-state index contributed by atoms with van der Waals surface area (Å²) in [6.07, 6.45) is 1.94. The maximum Gasteiger partial charge on any atom is 0.264 e. The number of rotatable bonds is 5. The van der Waals surface area contributed by atoms with Crippen LogP contribution in [0, 0.1) is 5.92 Å². The van der Waals surface area contributed by atoms with Crippen LogP contribution < -0.4 is 5.73 Å². The van der Waals surface area contributed by atoms with Crippen LogP contribution in [0.4, 0.5) is 0 Å². The maximum absolute atomic E-state index is 10.6. The summed E-state index contributed by atoms with van der Waals surface area (Å²) in [5.74, 6) is 0.524. The Morgan fingerprint density at radius 1 is 1.42 bits per heavy atom. The van der Waals surface area contributed by atoms with Crippen LogP contribution in [0.2, 0.25) is 0 Å². The highest BCUT2D eigenvalue weighted by atomic mass is 32.2. The molecule has 74 valence electrons. The molecule has 0 fully saturated rings. The first-order valence-corrected chi connectivity index (χ1v) is 5.80. The van der Waals surface area contributed by atoms with Crippen LogP contribution >= 0.6 is 0 Å². The van der Waals surface area contributed by atoms with Crippen molar-refractivity contribution < 1.29 is 18.3 Å². The zero-order valence-electron chi connectivity index (χ0n) is 7.91. The van der Waals surface area contributed by atoms with Gasteiger partial charge in [0.2, 0.25) is 0 Å². The molecule has 0 saturated carbocycles. The zero-order valence-corrected chi connectivity index (χ0v) is 8.73. The molecule has 0 aromatic carbocycles. The second-order valence-electron chi connectivity index (χ2n) is 3.48. The van der Waals surface area contributed by atoms with Gasteiger partial charge in [-0.15, -0.1) is 0 Å². The number of hydrogen-bond donors (Lipinski definition) is 1. The van der Waals surface area contributed by atoms with E-state index in [0.29, 0.717) is 5.92 Å². The lowest BCUT2D eigenvalue weighted by Gasteiger charge is -2.09. The largest absolute Gasteiger partial charge is 0.353 e. The first-order chi connectivity index (χ1) is 5.31. The highest BCUT2D eigenvalue weighted by Crippen LogP contribution is 2.02. The van der Waals surface area contributed by atoms with E-state index in [-0.39, 0.29) is 12.6 Å². The van der Waals surface area contributed by atoms with Gasteiger partial charge in [-0.1, -0.05) is 13.8 Å². The second kappa shape index (κ2) is 4.79. The average Bonchev–Trinajstić information content (AvgIpc) is 1.80. The molecular weight excluding hydrogens is 178 g/mol. The lowest BCUT2D eigenvalue weighted by atomic mass is 10.1. The molecule has 4 nitrogen and oxygen atoms in total. The fraction of sp³-hybridized carbons (Fsp3) is 1.00. The summed E-state index contributed by atoms with van der Waals surface area (Å²) < 4.78 is 25.7. The van der Waals surface area contributed by atoms with Crippen LogP contribution in [0.1, 0.15) is 20.3 Å². The normalized spacial score (nSPS) is 15.1. The Bertz CT molecular complexity index is 211. The smallest absolute Gasteiger partial charge is 0.264 e. The van der Waals surface area contributed by atoms with E-state index in [1.807, 2.05) is 0 Å². The minimum absolute atomic E-state index is 0.0553. The van der Waals surface area contributed by atoms with Gasteiger partial charge in [-0.05, 0) is 5.92 Å². The van der Waals surface area contributed by atoms with Crippen molar-refractivity contribution in [2.75, 3.05) is 12.9 Å². The third-order valence-electron chi connectivity index (χ3n) is 1.32. The molecule has 0 saturated heterocycles. The van der Waals surface area contributed by atoms with Gasteiger partial charge < -0.3 is 5.73 Å². The molecule has 12 heavy (non-hydrogen) atoms. The minimum atomic E-state index is -3.29. The third-order valence-corrected chi connectivity index (χ3v) is 1.89. The number of hydrogen-bond acceptors (Lipinski definition) is 3. The van der Waals surface area contributed by atoms with Gasteiger partial charge in [0.25, 0.3) is 10.1 Å². The van der Waals surface area contributed by atoms with Crippen molar-refractivity contribution in [3.05, 3.63) is 0 Å². The Morgan fingerprint density at radius 3 is 2.25 bits per heavy atom. The molecule has 1 atom stereocenters. The van der Waals surface area contributed by atoms with Crippen molar-refractivity contribution in [3.63, 3.8) is 0 Å². The van der Waals surface area contributed by atoms with Crippen LogP contribution in [0.15, 0.2) is 0 Å². The van der Waals surface area contributed by atoms with Crippen molar-refractivity contribution in [1.82, 2.24) is 0 Å². The Labute approximate surface area is 74.2 Å². The standard InChI is InChI=1S/C7H17NO3S/c1-6(2)4-7(8)5-11-12(3,9)10/h6-7H,4-5,8H2,1-3H3/p+1/t7-/m0/s1. The Morgan fingerprint density at radius 2 is 1.92 bits per heavy atom. The van der Waals surface area contributed by atoms with Crippen molar-refractivity contribution >= 4 is 10.1 Å². The molecule has 0 aromatic rings. The molecule has 0 bridgehead atoms. The molecule has 0 radical (unpaired) electrons. The van der Waals surface area contributed by atoms with Crippen LogP contribution in [0.5, 0.6) is 0 Å². The molecule has 0 aromatic heterocycles. The van der Waals surface area contributed by atoms with Crippen LogP contribution in [0.25, 0.3) is 0 Å². The summed E-state index contributed by atoms with van der Waals surface area (Å²) in [5, 5.41) is 0. The molecule has 0 spiro atoms. The van der Waals surface area contributed by atoms with Gasteiger partial charge in [0.1, 0.15) is 12.6 Å². The maximum atomic E-state index is 10.6. The summed E-state index contributed by atoms with van der Waals surface area (Å²) in [6, 6.07) is 0.0553. The lowest BCUT2D eigenvalue weighted by Crippen LogP contribution is -2.63. The molecule has 0 aliphatic rings. The SMILES string of the molecule is CC(C)C[C@H]([NH3+])COS(C)(=O)=O. The molecule has 3 N–H and O–H groups in total. The molecule has 0 aliphatic carbocycles. The highest BCUT2D eigenvalue weighted by Gasteiger charge is 2.12. The molecule has 0 amide bonds. The van der Waals surface area contributed by atoms with Gasteiger partial charge in [0, 0.05) is 6.42 Å². The Hall–Kier alpha value is -0.130. The molecule has 0 rings (SSSR count). The molecular formula is C7H18NO3S+. The van der Waals surface area contributed by atoms with Crippen LogP contribution in [0.3, 0.4) is 0 Å². The first-order valence-electron chi connectivity index (χ1n) is 3.98. The summed E-state index contributed by atoms with van der Waals surface area (Å²) in [7, 11) is -3.29. The predicted octanol–water partition coefficient (Wildman–Crippen LogP) is -0.381. The van der Waals surface area contributed by atoms with Gasteiger partial charge in [-0.3, -0.25) is 4.18 Å². The van der Waals surface area contributed by atoms with Gasteiger partial charge in [-0.25, -0.2) is 0 Å². The zero-order chi connectivity index (χ0) is 9.78. The molecule has 0 aliphatic heterocycles. The van der Waals surface area contributed by atoms with E-state index in [4.69, 9.17) is 0 Å². The Balaban J connectivity index is 3.65. The number of quaternary nitrogens is 1. The van der Waals surface area contributed by atoms with E-state index in [9.17, 15) is 8.42 Å². The summed E-state index contributed by atoms with van der Waals surface area (Å²) in [4.78, 5) is 0. The fourth-order valence-electron chi connectivity index (χ4n) is 0.955. The minimum Gasteiger partial charge on any atom is -0.353 e. The van der Waals surface area contributed by atoms with Crippen molar-refractivity contribution in [2.45, 2.75) is 26.3 Å². The van der Waals surface area contributed by atoms with E-state index >= 15 is 0 Å². The topological polar surface area (TPSA) is 71.0 Å². The summed E-state index contributed by atoms with van der Waals surface area (Å²) >= 11 is 0. The lowest BCUT2D eigenvalue weighted by molar-refractivity contribution is -0.426. The van der Waals surface area contributed by atoms with E-state index < -0.39 is 10.1 Å². The molecule has 0 heterocycles. The second-order valence-corrected chi connectivity index (χ2v) is 5.13. The van der Waals surface area contributed by atoms with Gasteiger partial charge in [0.15, 0.2) is 0 Å². The first kappa shape index (κ1) is 11.9. The average molecular weight is 196 g/mol. The van der Waals surface area contributed by atoms with E-state index in [2.05, 4.69) is 23.8 Å². The summed E-state index contributed by atoms with van der Waals surface area (Å²) in [5.41, 5.74) is 3.79. The van der Waals surface area contributed by atoms with Crippen molar-refractivity contribution in [2.24, 2.45) is 5.92 Å². The quantitative estimate of drug-likeness (QED) is 0.609. The van der Waals surface area contributed by atoms with Gasteiger partial charge in [0.05, 0.1) is 6.26 Å². The highest BCUT2D eigenvalue weighted by molar-refractivity contribution is 7.85. The van der Waals surface area contributed by atoms with E-state index in [1.165, 1.54) is 0 Å². The van der Waals surface area contributed by atoms with Crippen molar-refractivity contribution in [1.29, 1.82) is 0 Å². The van der Waals surface area contributed by atoms with Crippen molar-refractivity contribution in [3.8, 4) is 0 Å². The van der Waals surface area contributed by atoms with Crippen LogP contribution in [-0.4, -0.2) is 27.3 Å². The molecule has 0 unspecified atom stereocenters. The Kier molecular flexibility index (Phi) is 4.74. The summed E-state index contributed by atoms with van der Waals surface area (Å²) in [6.45, 7) is 4.33. The molecule has 5 heteroatoms.